The van der Waals surface area contributed by atoms with Crippen LogP contribution >= 0.6 is 15.9 Å². The number of hydrogen-bond donors (Lipinski definition) is 1. The molecule has 0 aromatic carbocycles. The van der Waals surface area contributed by atoms with Gasteiger partial charge >= 0.3 is 5.97 Å². The zero-order valence-electron chi connectivity index (χ0n) is 12.5. The quantitative estimate of drug-likeness (QED) is 0.456. The van der Waals surface area contributed by atoms with Gasteiger partial charge in [-0.3, -0.25) is 4.79 Å². The first-order valence-corrected chi connectivity index (χ1v) is 9.33. The van der Waals surface area contributed by atoms with Crippen molar-refractivity contribution < 1.29 is 14.8 Å². The lowest BCUT2D eigenvalue weighted by Crippen LogP contribution is -2.91. The van der Waals surface area contributed by atoms with E-state index in [0.717, 1.165) is 12.6 Å². The van der Waals surface area contributed by atoms with Gasteiger partial charge in [-0.15, -0.1) is 0 Å². The van der Waals surface area contributed by atoms with Crippen molar-refractivity contribution in [3.8, 4) is 0 Å². The predicted molar refractivity (Wildman–Crippen MR) is 83.9 cm³/mol. The minimum atomic E-state index is -0.0857. The Morgan fingerprint density at radius 1 is 1.05 bits per heavy atom. The predicted octanol–water partition coefficient (Wildman–Crippen LogP) is 2.77. The van der Waals surface area contributed by atoms with E-state index in [1.165, 1.54) is 64.2 Å². The second-order valence-corrected chi connectivity index (χ2v) is 7.38. The van der Waals surface area contributed by atoms with E-state index < -0.39 is 0 Å². The Balaban J connectivity index is 1.56. The lowest BCUT2D eigenvalue weighted by molar-refractivity contribution is -0.692. The molecule has 2 aliphatic carbocycles. The summed E-state index contributed by atoms with van der Waals surface area (Å²) in [5, 5.41) is 2.37. The van der Waals surface area contributed by atoms with Crippen LogP contribution in [0.4, 0.5) is 0 Å². The zero-order valence-corrected chi connectivity index (χ0v) is 14.1. The molecule has 0 saturated heterocycles. The molecule has 0 aromatic heterocycles. The maximum absolute atomic E-state index is 12.0. The number of hydrogen-bond acceptors (Lipinski definition) is 2. The molecule has 2 aliphatic rings. The summed E-state index contributed by atoms with van der Waals surface area (Å²) in [5.74, 6) is 0.438. The maximum Gasteiger partial charge on any atom is 0.320 e. The molecule has 0 aliphatic heterocycles. The summed E-state index contributed by atoms with van der Waals surface area (Å²) >= 11 is 3.55. The molecular weight excluding hydrogens is 318 g/mol. The van der Waals surface area contributed by atoms with Crippen molar-refractivity contribution in [1.82, 2.24) is 0 Å². The zero-order chi connectivity index (χ0) is 14.2. The lowest BCUT2D eigenvalue weighted by atomic mass is 9.87. The Morgan fingerprint density at radius 3 is 2.30 bits per heavy atom. The summed E-state index contributed by atoms with van der Waals surface area (Å²) in [4.78, 5) is 11.9. The van der Waals surface area contributed by atoms with Gasteiger partial charge in [-0.25, -0.2) is 0 Å². The van der Waals surface area contributed by atoms with E-state index in [1.54, 1.807) is 0 Å². The van der Waals surface area contributed by atoms with E-state index in [4.69, 9.17) is 4.74 Å². The minimum Gasteiger partial charge on any atom is -0.459 e. The first-order chi connectivity index (χ1) is 9.77. The minimum absolute atomic E-state index is 0.0473. The van der Waals surface area contributed by atoms with E-state index >= 15 is 0 Å². The molecule has 2 fully saturated rings. The summed E-state index contributed by atoms with van der Waals surface area (Å²) in [6.07, 6.45) is 13.0. The number of rotatable bonds is 6. The largest absolute Gasteiger partial charge is 0.459 e. The van der Waals surface area contributed by atoms with Gasteiger partial charge in [0.25, 0.3) is 0 Å². The molecule has 0 bridgehead atoms. The Bertz CT molecular complexity index is 286. The number of nitrogens with two attached hydrogens (primary N) is 1. The summed E-state index contributed by atoms with van der Waals surface area (Å²) in [6.45, 7) is 1.48. The van der Waals surface area contributed by atoms with Crippen molar-refractivity contribution in [1.29, 1.82) is 0 Å². The van der Waals surface area contributed by atoms with Crippen LogP contribution in [0.5, 0.6) is 0 Å². The molecule has 0 heterocycles. The third-order valence-electron chi connectivity index (χ3n) is 4.80. The summed E-state index contributed by atoms with van der Waals surface area (Å²) in [7, 11) is 0. The Hall–Kier alpha value is -0.0900. The van der Waals surface area contributed by atoms with Crippen LogP contribution in [0.15, 0.2) is 0 Å². The highest BCUT2D eigenvalue weighted by Crippen LogP contribution is 2.30. The van der Waals surface area contributed by atoms with Gasteiger partial charge in [0.15, 0.2) is 0 Å². The lowest BCUT2D eigenvalue weighted by Gasteiger charge is -2.25. The van der Waals surface area contributed by atoms with Gasteiger partial charge in [0, 0.05) is 0 Å². The van der Waals surface area contributed by atoms with Gasteiger partial charge in [-0.05, 0) is 44.4 Å². The first kappa shape index (κ1) is 16.3. The van der Waals surface area contributed by atoms with Crippen LogP contribution in [-0.4, -0.2) is 30.0 Å². The fourth-order valence-electron chi connectivity index (χ4n) is 3.53. The number of quaternary nitrogens is 1. The molecule has 0 spiro atoms. The van der Waals surface area contributed by atoms with Crippen molar-refractivity contribution >= 4 is 21.9 Å². The highest BCUT2D eigenvalue weighted by Gasteiger charge is 2.28. The van der Waals surface area contributed by atoms with E-state index in [9.17, 15) is 4.79 Å². The second-order valence-electron chi connectivity index (χ2n) is 6.39. The van der Waals surface area contributed by atoms with Crippen LogP contribution in [-0.2, 0) is 9.53 Å². The van der Waals surface area contributed by atoms with Gasteiger partial charge in [0.1, 0.15) is 18.0 Å². The number of carbonyl (C=O) groups excluding carboxylic acids is 1. The van der Waals surface area contributed by atoms with Crippen LogP contribution in [0.1, 0.15) is 64.2 Å². The van der Waals surface area contributed by atoms with E-state index in [-0.39, 0.29) is 10.8 Å². The summed E-state index contributed by atoms with van der Waals surface area (Å²) in [6, 6.07) is 0.764. The Morgan fingerprint density at radius 2 is 1.65 bits per heavy atom. The van der Waals surface area contributed by atoms with Gasteiger partial charge < -0.3 is 10.1 Å². The fraction of sp³-hybridized carbons (Fsp3) is 0.938. The van der Waals surface area contributed by atoms with Crippen LogP contribution in [0.25, 0.3) is 0 Å². The molecule has 0 amide bonds. The van der Waals surface area contributed by atoms with Crippen molar-refractivity contribution in [3.63, 3.8) is 0 Å². The molecular formula is C16H29BrNO2+. The standard InChI is InChI=1S/C16H28BrNO2/c17-15(13-7-3-1-4-8-13)16(19)20-12-11-18-14-9-5-2-6-10-14/h13-15,18H,1-12H2/p+1. The van der Waals surface area contributed by atoms with Crippen LogP contribution in [0.2, 0.25) is 0 Å². The SMILES string of the molecule is O=C(OCC[NH2+]C1CCCCC1)C(Br)C1CCCCC1. The van der Waals surface area contributed by atoms with Crippen molar-refractivity contribution in [2.75, 3.05) is 13.2 Å². The fourth-order valence-corrected chi connectivity index (χ4v) is 4.19. The molecule has 3 nitrogen and oxygen atoms in total. The molecule has 20 heavy (non-hydrogen) atoms. The molecule has 0 radical (unpaired) electrons. The van der Waals surface area contributed by atoms with Crippen LogP contribution in [0.3, 0.4) is 0 Å². The van der Waals surface area contributed by atoms with Crippen molar-refractivity contribution in [2.24, 2.45) is 5.92 Å². The second kappa shape index (κ2) is 9.04. The third kappa shape index (κ3) is 5.36. The Kier molecular flexibility index (Phi) is 7.36. The number of ether oxygens (including phenoxy) is 1. The molecule has 0 aromatic rings. The van der Waals surface area contributed by atoms with Crippen molar-refractivity contribution in [2.45, 2.75) is 75.1 Å². The van der Waals surface area contributed by atoms with E-state index in [0.29, 0.717) is 12.5 Å². The molecule has 116 valence electrons. The normalized spacial score (nSPS) is 23.4. The Labute approximate surface area is 131 Å². The van der Waals surface area contributed by atoms with Gasteiger partial charge in [-0.2, -0.15) is 0 Å². The highest BCUT2D eigenvalue weighted by molar-refractivity contribution is 9.10. The number of carbonyl (C=O) groups is 1. The van der Waals surface area contributed by atoms with Crippen LogP contribution in [0, 0.1) is 5.92 Å². The molecule has 1 unspecified atom stereocenters. The summed E-state index contributed by atoms with van der Waals surface area (Å²) in [5.41, 5.74) is 0. The van der Waals surface area contributed by atoms with Crippen LogP contribution < -0.4 is 5.32 Å². The van der Waals surface area contributed by atoms with Gasteiger partial charge in [0.2, 0.25) is 0 Å². The average Bonchev–Trinajstić information content (AvgIpc) is 2.52. The average molecular weight is 347 g/mol. The molecule has 1 atom stereocenters. The third-order valence-corrected chi connectivity index (χ3v) is 5.92. The number of esters is 1. The summed E-state index contributed by atoms with van der Waals surface area (Å²) < 4.78 is 5.43. The molecule has 4 heteroatoms. The first-order valence-electron chi connectivity index (χ1n) is 8.41. The van der Waals surface area contributed by atoms with E-state index in [1.807, 2.05) is 0 Å². The molecule has 2 saturated carbocycles. The van der Waals surface area contributed by atoms with Gasteiger partial charge in [-0.1, -0.05) is 41.6 Å². The highest BCUT2D eigenvalue weighted by atomic mass is 79.9. The monoisotopic (exact) mass is 346 g/mol. The van der Waals surface area contributed by atoms with E-state index in [2.05, 4.69) is 21.2 Å². The number of halogens is 1. The van der Waals surface area contributed by atoms with Crippen molar-refractivity contribution in [3.05, 3.63) is 0 Å². The van der Waals surface area contributed by atoms with Gasteiger partial charge in [0.05, 0.1) is 6.04 Å². The molecule has 2 rings (SSSR count). The maximum atomic E-state index is 12.0. The smallest absolute Gasteiger partial charge is 0.320 e. The molecule has 2 N–H and O–H groups in total. The topological polar surface area (TPSA) is 42.9 Å². The number of alkyl halides is 1.